The molecular formula is C22H21N3OS. The van der Waals surface area contributed by atoms with E-state index in [1.165, 1.54) is 0 Å². The fraction of sp³-hybridized carbons (Fsp3) is 0.182. The van der Waals surface area contributed by atoms with Crippen LogP contribution in [0.5, 0.6) is 0 Å². The van der Waals surface area contributed by atoms with Crippen molar-refractivity contribution in [3.63, 3.8) is 0 Å². The van der Waals surface area contributed by atoms with Gasteiger partial charge in [0.25, 0.3) is 0 Å². The Bertz CT molecular complexity index is 1060. The van der Waals surface area contributed by atoms with Crippen LogP contribution < -0.4 is 5.32 Å². The van der Waals surface area contributed by atoms with Gasteiger partial charge in [0, 0.05) is 12.2 Å². The number of nitrogens with one attached hydrogen (secondary N) is 1. The summed E-state index contributed by atoms with van der Waals surface area (Å²) in [5.41, 5.74) is 3.15. The molecule has 4 rings (SSSR count). The average Bonchev–Trinajstić information content (AvgIpc) is 3.32. The number of benzene rings is 2. The highest BCUT2D eigenvalue weighted by atomic mass is 32.1. The van der Waals surface area contributed by atoms with Crippen molar-refractivity contribution in [2.45, 2.75) is 19.9 Å². The molecule has 0 saturated carbocycles. The zero-order chi connectivity index (χ0) is 18.6. The SMILES string of the molecule is Cc1cc(-c2cccs2)nn1CCNC(=O)Cc1cccc2ccccc12. The number of aromatic nitrogens is 2. The van der Waals surface area contributed by atoms with Gasteiger partial charge in [0.1, 0.15) is 5.69 Å². The number of hydrogen-bond acceptors (Lipinski definition) is 3. The first-order valence-electron chi connectivity index (χ1n) is 9.02. The van der Waals surface area contributed by atoms with Crippen molar-refractivity contribution in [1.82, 2.24) is 15.1 Å². The van der Waals surface area contributed by atoms with Crippen molar-refractivity contribution < 1.29 is 4.79 Å². The van der Waals surface area contributed by atoms with Crippen LogP contribution in [0, 0.1) is 6.92 Å². The van der Waals surface area contributed by atoms with Crippen molar-refractivity contribution in [3.05, 3.63) is 77.3 Å². The Labute approximate surface area is 162 Å². The van der Waals surface area contributed by atoms with E-state index < -0.39 is 0 Å². The van der Waals surface area contributed by atoms with Crippen LogP contribution in [0.3, 0.4) is 0 Å². The molecule has 2 aromatic heterocycles. The van der Waals surface area contributed by atoms with Gasteiger partial charge in [-0.25, -0.2) is 0 Å². The molecule has 0 bridgehead atoms. The number of hydrogen-bond donors (Lipinski definition) is 1. The predicted octanol–water partition coefficient (Wildman–Crippen LogP) is 4.43. The van der Waals surface area contributed by atoms with Gasteiger partial charge < -0.3 is 5.32 Å². The molecule has 4 aromatic rings. The zero-order valence-electron chi connectivity index (χ0n) is 15.2. The average molecular weight is 375 g/mol. The molecular weight excluding hydrogens is 354 g/mol. The Morgan fingerprint density at radius 3 is 2.81 bits per heavy atom. The Kier molecular flexibility index (Phi) is 5.03. The van der Waals surface area contributed by atoms with E-state index in [4.69, 9.17) is 0 Å². The standard InChI is InChI=1S/C22H21N3OS/c1-16-14-20(21-10-5-13-27-21)24-25(16)12-11-23-22(26)15-18-8-4-7-17-6-2-3-9-19(17)18/h2-10,13-14H,11-12,15H2,1H3,(H,23,26). The number of carbonyl (C=O) groups is 1. The summed E-state index contributed by atoms with van der Waals surface area (Å²) in [6.45, 7) is 3.27. The third kappa shape index (κ3) is 3.93. The molecule has 1 N–H and O–H groups in total. The van der Waals surface area contributed by atoms with Crippen LogP contribution in [-0.2, 0) is 17.8 Å². The van der Waals surface area contributed by atoms with Crippen LogP contribution in [0.25, 0.3) is 21.3 Å². The second-order valence-corrected chi connectivity index (χ2v) is 7.48. The Balaban J connectivity index is 1.36. The summed E-state index contributed by atoms with van der Waals surface area (Å²) in [5.74, 6) is 0.0367. The molecule has 136 valence electrons. The molecule has 0 atom stereocenters. The van der Waals surface area contributed by atoms with Gasteiger partial charge >= 0.3 is 0 Å². The van der Waals surface area contributed by atoms with E-state index >= 15 is 0 Å². The fourth-order valence-corrected chi connectivity index (χ4v) is 3.95. The summed E-state index contributed by atoms with van der Waals surface area (Å²) in [4.78, 5) is 13.5. The maximum absolute atomic E-state index is 12.4. The van der Waals surface area contributed by atoms with E-state index in [0.717, 1.165) is 32.6 Å². The number of fused-ring (bicyclic) bond motifs is 1. The minimum absolute atomic E-state index is 0.0367. The van der Waals surface area contributed by atoms with Crippen molar-refractivity contribution in [2.24, 2.45) is 0 Å². The highest BCUT2D eigenvalue weighted by Gasteiger charge is 2.09. The topological polar surface area (TPSA) is 46.9 Å². The van der Waals surface area contributed by atoms with E-state index in [1.807, 2.05) is 41.9 Å². The van der Waals surface area contributed by atoms with Crippen molar-refractivity contribution in [1.29, 1.82) is 0 Å². The lowest BCUT2D eigenvalue weighted by molar-refractivity contribution is -0.120. The van der Waals surface area contributed by atoms with E-state index in [-0.39, 0.29) is 5.91 Å². The molecule has 0 fully saturated rings. The van der Waals surface area contributed by atoms with Gasteiger partial charge in [-0.15, -0.1) is 11.3 Å². The molecule has 0 aliphatic carbocycles. The number of nitrogens with zero attached hydrogens (tertiary/aromatic N) is 2. The number of amides is 1. The van der Waals surface area contributed by atoms with Gasteiger partial charge in [0.05, 0.1) is 17.8 Å². The molecule has 27 heavy (non-hydrogen) atoms. The molecule has 0 saturated heterocycles. The summed E-state index contributed by atoms with van der Waals surface area (Å²) in [6.07, 6.45) is 0.389. The third-order valence-corrected chi connectivity index (χ3v) is 5.52. The summed E-state index contributed by atoms with van der Waals surface area (Å²) < 4.78 is 1.95. The minimum Gasteiger partial charge on any atom is -0.354 e. The first-order valence-corrected chi connectivity index (χ1v) is 9.90. The Hall–Kier alpha value is -2.92. The molecule has 2 heterocycles. The quantitative estimate of drug-likeness (QED) is 0.542. The normalized spacial score (nSPS) is 11.0. The van der Waals surface area contributed by atoms with E-state index in [1.54, 1.807) is 11.3 Å². The second kappa shape index (κ2) is 7.76. The largest absolute Gasteiger partial charge is 0.354 e. The number of rotatable bonds is 6. The van der Waals surface area contributed by atoms with Gasteiger partial charge in [0.15, 0.2) is 0 Å². The molecule has 0 aliphatic rings. The van der Waals surface area contributed by atoms with Crippen LogP contribution in [-0.4, -0.2) is 22.2 Å². The highest BCUT2D eigenvalue weighted by Crippen LogP contribution is 2.23. The molecule has 1 amide bonds. The van der Waals surface area contributed by atoms with Crippen LogP contribution in [0.1, 0.15) is 11.3 Å². The van der Waals surface area contributed by atoms with Gasteiger partial charge in [-0.2, -0.15) is 5.10 Å². The lowest BCUT2D eigenvalue weighted by atomic mass is 10.0. The van der Waals surface area contributed by atoms with Crippen LogP contribution in [0.15, 0.2) is 66.0 Å². The van der Waals surface area contributed by atoms with Gasteiger partial charge in [-0.05, 0) is 40.8 Å². The van der Waals surface area contributed by atoms with Gasteiger partial charge in [-0.3, -0.25) is 9.48 Å². The Morgan fingerprint density at radius 1 is 1.11 bits per heavy atom. The number of carbonyl (C=O) groups excluding carboxylic acids is 1. The first kappa shape index (κ1) is 17.5. The van der Waals surface area contributed by atoms with Crippen LogP contribution in [0.4, 0.5) is 0 Å². The summed E-state index contributed by atoms with van der Waals surface area (Å²) in [5, 5.41) is 12.0. The molecule has 5 heteroatoms. The number of aryl methyl sites for hydroxylation is 1. The van der Waals surface area contributed by atoms with Crippen molar-refractivity contribution >= 4 is 28.0 Å². The zero-order valence-corrected chi connectivity index (χ0v) is 16.0. The smallest absolute Gasteiger partial charge is 0.224 e. The van der Waals surface area contributed by atoms with E-state index in [2.05, 4.69) is 46.1 Å². The highest BCUT2D eigenvalue weighted by molar-refractivity contribution is 7.13. The molecule has 4 nitrogen and oxygen atoms in total. The summed E-state index contributed by atoms with van der Waals surface area (Å²) in [7, 11) is 0. The molecule has 0 aliphatic heterocycles. The lowest BCUT2D eigenvalue weighted by Crippen LogP contribution is -2.29. The van der Waals surface area contributed by atoms with Crippen molar-refractivity contribution in [2.75, 3.05) is 6.54 Å². The number of thiophene rings is 1. The summed E-state index contributed by atoms with van der Waals surface area (Å²) >= 11 is 1.68. The molecule has 2 aromatic carbocycles. The van der Waals surface area contributed by atoms with Crippen molar-refractivity contribution in [3.8, 4) is 10.6 Å². The molecule has 0 spiro atoms. The maximum atomic E-state index is 12.4. The van der Waals surface area contributed by atoms with Crippen LogP contribution in [0.2, 0.25) is 0 Å². The maximum Gasteiger partial charge on any atom is 0.224 e. The fourth-order valence-electron chi connectivity index (χ4n) is 3.26. The van der Waals surface area contributed by atoms with Crippen LogP contribution >= 0.6 is 11.3 Å². The third-order valence-electron chi connectivity index (χ3n) is 4.63. The predicted molar refractivity (Wildman–Crippen MR) is 111 cm³/mol. The monoisotopic (exact) mass is 375 g/mol. The first-order chi connectivity index (χ1) is 13.2. The molecule has 0 unspecified atom stereocenters. The van der Waals surface area contributed by atoms with Gasteiger partial charge in [-0.1, -0.05) is 48.5 Å². The minimum atomic E-state index is 0.0367. The van der Waals surface area contributed by atoms with E-state index in [0.29, 0.717) is 19.5 Å². The second-order valence-electron chi connectivity index (χ2n) is 6.54. The van der Waals surface area contributed by atoms with E-state index in [9.17, 15) is 4.79 Å². The summed E-state index contributed by atoms with van der Waals surface area (Å²) in [6, 6.07) is 20.5. The Morgan fingerprint density at radius 2 is 1.96 bits per heavy atom. The molecule has 0 radical (unpaired) electrons. The lowest BCUT2D eigenvalue weighted by Gasteiger charge is -2.09. The van der Waals surface area contributed by atoms with Gasteiger partial charge in [0.2, 0.25) is 5.91 Å².